The van der Waals surface area contributed by atoms with Crippen LogP contribution in [-0.2, 0) is 13.1 Å². The molecule has 1 aromatic heterocycles. The van der Waals surface area contributed by atoms with Crippen molar-refractivity contribution in [1.29, 1.82) is 0 Å². The highest BCUT2D eigenvalue weighted by Crippen LogP contribution is 2.27. The summed E-state index contributed by atoms with van der Waals surface area (Å²) in [6, 6.07) is 6.13. The highest BCUT2D eigenvalue weighted by atomic mass is 79.9. The minimum absolute atomic E-state index is 0.794. The first-order chi connectivity index (χ1) is 8.24. The molecule has 0 saturated carbocycles. The number of nitrogens with one attached hydrogen (secondary N) is 1. The largest absolute Gasteiger partial charge is 0.309 e. The lowest BCUT2D eigenvalue weighted by Gasteiger charge is -2.16. The fourth-order valence-corrected chi connectivity index (χ4v) is 3.28. The first-order valence-corrected chi connectivity index (χ1v) is 6.92. The van der Waals surface area contributed by atoms with Gasteiger partial charge in [-0.3, -0.25) is 0 Å². The Bertz CT molecular complexity index is 544. The van der Waals surface area contributed by atoms with E-state index >= 15 is 0 Å². The lowest BCUT2D eigenvalue weighted by Crippen LogP contribution is -2.28. The molecule has 2 heterocycles. The number of fused-ring (bicyclic) bond motifs is 1. The van der Waals surface area contributed by atoms with Gasteiger partial charge in [-0.1, -0.05) is 31.9 Å². The Morgan fingerprint density at radius 2 is 1.88 bits per heavy atom. The average Bonchev–Trinajstić information content (AvgIpc) is 2.71. The van der Waals surface area contributed by atoms with Gasteiger partial charge in [0, 0.05) is 27.6 Å². The summed E-state index contributed by atoms with van der Waals surface area (Å²) in [5.41, 5.74) is 1.08. The summed E-state index contributed by atoms with van der Waals surface area (Å²) in [5.74, 6) is 1.94. The Labute approximate surface area is 116 Å². The van der Waals surface area contributed by atoms with Gasteiger partial charge in [0.1, 0.15) is 5.82 Å². The molecule has 0 bridgehead atoms. The van der Waals surface area contributed by atoms with Crippen LogP contribution in [0.15, 0.2) is 27.1 Å². The lowest BCUT2D eigenvalue weighted by molar-refractivity contribution is 0.508. The zero-order valence-electron chi connectivity index (χ0n) is 8.95. The average molecular weight is 358 g/mol. The molecular formula is C11H10Br2N4. The molecule has 0 amide bonds. The van der Waals surface area contributed by atoms with Crippen LogP contribution in [0.25, 0.3) is 11.4 Å². The van der Waals surface area contributed by atoms with Crippen molar-refractivity contribution in [3.63, 3.8) is 0 Å². The van der Waals surface area contributed by atoms with E-state index in [4.69, 9.17) is 0 Å². The van der Waals surface area contributed by atoms with Gasteiger partial charge in [0.15, 0.2) is 5.82 Å². The van der Waals surface area contributed by atoms with Crippen LogP contribution in [0.4, 0.5) is 0 Å². The highest BCUT2D eigenvalue weighted by molar-refractivity contribution is 9.11. The lowest BCUT2D eigenvalue weighted by atomic mass is 10.2. The summed E-state index contributed by atoms with van der Waals surface area (Å²) in [6.45, 7) is 2.68. The molecule has 3 rings (SSSR count). The SMILES string of the molecule is Brc1cc(Br)cc(-c2nnc3n2CCNC3)c1. The molecule has 1 aliphatic heterocycles. The number of hydrogen-bond acceptors (Lipinski definition) is 3. The minimum Gasteiger partial charge on any atom is -0.309 e. The second-order valence-corrected chi connectivity index (χ2v) is 5.76. The van der Waals surface area contributed by atoms with Gasteiger partial charge in [0.2, 0.25) is 0 Å². The van der Waals surface area contributed by atoms with E-state index in [1.54, 1.807) is 0 Å². The van der Waals surface area contributed by atoms with Gasteiger partial charge in [0.05, 0.1) is 6.54 Å². The summed E-state index contributed by atoms with van der Waals surface area (Å²) in [5, 5.41) is 11.8. The molecule has 0 unspecified atom stereocenters. The Kier molecular flexibility index (Phi) is 3.02. The van der Waals surface area contributed by atoms with Crippen molar-refractivity contribution in [2.75, 3.05) is 6.54 Å². The number of rotatable bonds is 1. The monoisotopic (exact) mass is 356 g/mol. The fourth-order valence-electron chi connectivity index (χ4n) is 1.99. The van der Waals surface area contributed by atoms with Crippen LogP contribution in [-0.4, -0.2) is 21.3 Å². The van der Waals surface area contributed by atoms with Crippen molar-refractivity contribution in [1.82, 2.24) is 20.1 Å². The van der Waals surface area contributed by atoms with E-state index in [1.165, 1.54) is 0 Å². The van der Waals surface area contributed by atoms with E-state index in [-0.39, 0.29) is 0 Å². The first-order valence-electron chi connectivity index (χ1n) is 5.33. The van der Waals surface area contributed by atoms with Gasteiger partial charge in [-0.2, -0.15) is 0 Å². The second-order valence-electron chi connectivity index (χ2n) is 3.93. The maximum atomic E-state index is 4.28. The number of nitrogens with zero attached hydrogens (tertiary/aromatic N) is 3. The molecule has 0 saturated heterocycles. The van der Waals surface area contributed by atoms with Crippen molar-refractivity contribution in [3.8, 4) is 11.4 Å². The molecule has 1 aromatic carbocycles. The quantitative estimate of drug-likeness (QED) is 0.852. The number of benzene rings is 1. The van der Waals surface area contributed by atoms with Crippen LogP contribution in [0.3, 0.4) is 0 Å². The van der Waals surface area contributed by atoms with E-state index in [0.717, 1.165) is 45.8 Å². The number of aromatic nitrogens is 3. The minimum atomic E-state index is 0.794. The molecule has 0 fully saturated rings. The first kappa shape index (κ1) is 11.4. The second kappa shape index (κ2) is 4.51. The third-order valence-electron chi connectivity index (χ3n) is 2.74. The van der Waals surface area contributed by atoms with Crippen LogP contribution in [0.2, 0.25) is 0 Å². The van der Waals surface area contributed by atoms with Gasteiger partial charge in [-0.15, -0.1) is 10.2 Å². The summed E-state index contributed by atoms with van der Waals surface area (Å²) in [4.78, 5) is 0. The molecule has 0 spiro atoms. The zero-order chi connectivity index (χ0) is 11.8. The molecule has 0 atom stereocenters. The molecule has 0 radical (unpaired) electrons. The van der Waals surface area contributed by atoms with Crippen molar-refractivity contribution >= 4 is 31.9 Å². The van der Waals surface area contributed by atoms with Crippen LogP contribution in [0.1, 0.15) is 5.82 Å². The molecule has 6 heteroatoms. The maximum absolute atomic E-state index is 4.28. The highest BCUT2D eigenvalue weighted by Gasteiger charge is 2.16. The molecule has 2 aromatic rings. The molecule has 88 valence electrons. The summed E-state index contributed by atoms with van der Waals surface area (Å²) < 4.78 is 4.24. The smallest absolute Gasteiger partial charge is 0.164 e. The normalized spacial score (nSPS) is 14.7. The Morgan fingerprint density at radius 3 is 2.65 bits per heavy atom. The molecular weight excluding hydrogens is 348 g/mol. The van der Waals surface area contributed by atoms with Crippen molar-refractivity contribution < 1.29 is 0 Å². The predicted molar refractivity (Wildman–Crippen MR) is 72.6 cm³/mol. The van der Waals surface area contributed by atoms with Gasteiger partial charge in [0.25, 0.3) is 0 Å². The van der Waals surface area contributed by atoms with Gasteiger partial charge in [-0.05, 0) is 18.2 Å². The predicted octanol–water partition coefficient (Wildman–Crippen LogP) is 2.57. The van der Waals surface area contributed by atoms with Crippen molar-refractivity contribution in [2.24, 2.45) is 0 Å². The van der Waals surface area contributed by atoms with Gasteiger partial charge < -0.3 is 9.88 Å². The zero-order valence-corrected chi connectivity index (χ0v) is 12.1. The van der Waals surface area contributed by atoms with Gasteiger partial charge >= 0.3 is 0 Å². The van der Waals surface area contributed by atoms with Gasteiger partial charge in [-0.25, -0.2) is 0 Å². The van der Waals surface area contributed by atoms with E-state index in [2.05, 4.69) is 64.1 Å². The number of hydrogen-bond donors (Lipinski definition) is 1. The summed E-state index contributed by atoms with van der Waals surface area (Å²) in [7, 11) is 0. The maximum Gasteiger partial charge on any atom is 0.164 e. The standard InChI is InChI=1S/C11H10Br2N4/c12-8-3-7(4-9(13)5-8)11-16-15-10-6-14-1-2-17(10)11/h3-5,14H,1-2,6H2. The Hall–Kier alpha value is -0.720. The van der Waals surface area contributed by atoms with Crippen molar-refractivity contribution in [3.05, 3.63) is 33.0 Å². The van der Waals surface area contributed by atoms with Crippen LogP contribution < -0.4 is 5.32 Å². The molecule has 0 aliphatic carbocycles. The van der Waals surface area contributed by atoms with E-state index in [0.29, 0.717) is 0 Å². The Balaban J connectivity index is 2.11. The third kappa shape index (κ3) is 2.17. The number of halogens is 2. The summed E-state index contributed by atoms with van der Waals surface area (Å²) in [6.07, 6.45) is 0. The van der Waals surface area contributed by atoms with E-state index in [1.807, 2.05) is 6.07 Å². The van der Waals surface area contributed by atoms with Crippen molar-refractivity contribution in [2.45, 2.75) is 13.1 Å². The molecule has 1 N–H and O–H groups in total. The van der Waals surface area contributed by atoms with Crippen LogP contribution >= 0.6 is 31.9 Å². The fraction of sp³-hybridized carbons (Fsp3) is 0.273. The van der Waals surface area contributed by atoms with Crippen LogP contribution in [0.5, 0.6) is 0 Å². The Morgan fingerprint density at radius 1 is 1.12 bits per heavy atom. The van der Waals surface area contributed by atoms with E-state index in [9.17, 15) is 0 Å². The molecule has 17 heavy (non-hydrogen) atoms. The molecule has 4 nitrogen and oxygen atoms in total. The van der Waals surface area contributed by atoms with E-state index < -0.39 is 0 Å². The third-order valence-corrected chi connectivity index (χ3v) is 3.66. The summed E-state index contributed by atoms with van der Waals surface area (Å²) >= 11 is 6.99. The topological polar surface area (TPSA) is 42.7 Å². The van der Waals surface area contributed by atoms with Crippen LogP contribution in [0, 0.1) is 0 Å². The molecule has 1 aliphatic rings.